The number of benzene rings is 2. The number of carboxylic acids is 1. The number of halogens is 1. The molecule has 0 heterocycles. The molecule has 2 rings (SSSR count). The molecule has 2 aromatic rings. The summed E-state index contributed by atoms with van der Waals surface area (Å²) in [5.41, 5.74) is 1.21. The summed E-state index contributed by atoms with van der Waals surface area (Å²) in [6.07, 6.45) is -0.138. The highest BCUT2D eigenvalue weighted by molar-refractivity contribution is 5.78. The van der Waals surface area contributed by atoms with Crippen LogP contribution in [0.3, 0.4) is 0 Å². The van der Waals surface area contributed by atoms with Crippen LogP contribution < -0.4 is 10.1 Å². The van der Waals surface area contributed by atoms with Crippen LogP contribution in [0.2, 0.25) is 0 Å². The number of hydrogen-bond acceptors (Lipinski definition) is 4. The fraction of sp³-hybridized carbons (Fsp3) is 0.333. The van der Waals surface area contributed by atoms with Crippen molar-refractivity contribution < 1.29 is 28.6 Å². The van der Waals surface area contributed by atoms with Crippen molar-refractivity contribution in [2.75, 3.05) is 13.7 Å². The minimum atomic E-state index is -1.03. The Labute approximate surface area is 163 Å². The van der Waals surface area contributed by atoms with E-state index >= 15 is 0 Å². The molecule has 0 saturated carbocycles. The molecule has 2 aromatic carbocycles. The maximum Gasteiger partial charge on any atom is 0.333 e. The van der Waals surface area contributed by atoms with Crippen molar-refractivity contribution in [1.82, 2.24) is 5.32 Å². The monoisotopic (exact) mass is 389 g/mol. The van der Waals surface area contributed by atoms with Gasteiger partial charge in [0.15, 0.2) is 12.7 Å². The smallest absolute Gasteiger partial charge is 0.333 e. The predicted octanol–water partition coefficient (Wildman–Crippen LogP) is 3.11. The predicted molar refractivity (Wildman–Crippen MR) is 102 cm³/mol. The van der Waals surface area contributed by atoms with Gasteiger partial charge in [-0.25, -0.2) is 9.18 Å². The van der Waals surface area contributed by atoms with Gasteiger partial charge < -0.3 is 19.9 Å². The van der Waals surface area contributed by atoms with Gasteiger partial charge in [-0.05, 0) is 30.2 Å². The van der Waals surface area contributed by atoms with Crippen molar-refractivity contribution >= 4 is 11.9 Å². The van der Waals surface area contributed by atoms with Gasteiger partial charge in [-0.15, -0.1) is 0 Å². The lowest BCUT2D eigenvalue weighted by atomic mass is 10.0. The van der Waals surface area contributed by atoms with Crippen LogP contribution in [0.15, 0.2) is 48.5 Å². The molecular formula is C21H24FNO5. The largest absolute Gasteiger partial charge is 0.484 e. The fourth-order valence-corrected chi connectivity index (χ4v) is 2.75. The second kappa shape index (κ2) is 10.4. The minimum absolute atomic E-state index is 0.208. The first-order chi connectivity index (χ1) is 13.4. The van der Waals surface area contributed by atoms with E-state index in [0.29, 0.717) is 17.7 Å². The van der Waals surface area contributed by atoms with E-state index in [1.807, 2.05) is 6.92 Å². The normalized spacial score (nSPS) is 12.8. The van der Waals surface area contributed by atoms with Gasteiger partial charge in [-0.1, -0.05) is 37.3 Å². The fourth-order valence-electron chi connectivity index (χ4n) is 2.75. The quantitative estimate of drug-likeness (QED) is 0.652. The van der Waals surface area contributed by atoms with Crippen LogP contribution in [0.1, 0.15) is 30.5 Å². The number of carboxylic acid groups (broad SMARTS) is 1. The molecule has 150 valence electrons. The van der Waals surface area contributed by atoms with Crippen molar-refractivity contribution in [3.63, 3.8) is 0 Å². The maximum atomic E-state index is 13.9. The number of hydrogen-bond donors (Lipinski definition) is 2. The van der Waals surface area contributed by atoms with E-state index in [9.17, 15) is 14.0 Å². The summed E-state index contributed by atoms with van der Waals surface area (Å²) in [5, 5.41) is 11.8. The number of nitrogens with one attached hydrogen (secondary N) is 1. The molecule has 0 aromatic heterocycles. The Morgan fingerprint density at radius 1 is 1.14 bits per heavy atom. The average Bonchev–Trinajstić information content (AvgIpc) is 2.70. The van der Waals surface area contributed by atoms with Crippen LogP contribution in [0.4, 0.5) is 4.39 Å². The Morgan fingerprint density at radius 2 is 1.82 bits per heavy atom. The summed E-state index contributed by atoms with van der Waals surface area (Å²) in [7, 11) is 1.35. The van der Waals surface area contributed by atoms with E-state index in [1.165, 1.54) is 13.2 Å². The van der Waals surface area contributed by atoms with Crippen molar-refractivity contribution in [3.8, 4) is 5.75 Å². The van der Waals surface area contributed by atoms with Gasteiger partial charge in [0.05, 0.1) is 6.04 Å². The Hall–Kier alpha value is -2.93. The summed E-state index contributed by atoms with van der Waals surface area (Å²) in [6.45, 7) is 1.65. The summed E-state index contributed by atoms with van der Waals surface area (Å²) >= 11 is 0. The van der Waals surface area contributed by atoms with E-state index in [0.717, 1.165) is 5.56 Å². The topological polar surface area (TPSA) is 84.9 Å². The molecule has 0 fully saturated rings. The van der Waals surface area contributed by atoms with Gasteiger partial charge in [0, 0.05) is 19.1 Å². The molecule has 0 bridgehead atoms. The van der Waals surface area contributed by atoms with Crippen LogP contribution in [0.5, 0.6) is 5.75 Å². The van der Waals surface area contributed by atoms with E-state index in [2.05, 4.69) is 5.32 Å². The molecule has 0 aliphatic heterocycles. The van der Waals surface area contributed by atoms with Gasteiger partial charge in [-0.3, -0.25) is 4.79 Å². The zero-order chi connectivity index (χ0) is 20.5. The van der Waals surface area contributed by atoms with Gasteiger partial charge in [0.25, 0.3) is 5.91 Å². The molecule has 2 N–H and O–H groups in total. The highest BCUT2D eigenvalue weighted by atomic mass is 19.1. The second-order valence-electron chi connectivity index (χ2n) is 6.25. The van der Waals surface area contributed by atoms with E-state index < -0.39 is 18.1 Å². The molecule has 0 saturated heterocycles. The number of carbonyl (C=O) groups is 2. The maximum absolute atomic E-state index is 13.9. The van der Waals surface area contributed by atoms with Crippen LogP contribution in [-0.2, 0) is 20.7 Å². The SMILES string of the molecule is CCC(NC(=O)COc1ccc(CC(OC)C(=O)O)cc1)c1ccccc1F. The number of carbonyl (C=O) groups excluding carboxylic acids is 1. The van der Waals surface area contributed by atoms with Gasteiger partial charge in [0.1, 0.15) is 11.6 Å². The standard InChI is InChI=1S/C21H24FNO5/c1-3-18(16-6-4-5-7-17(16)22)23-20(24)13-28-15-10-8-14(9-11-15)12-19(27-2)21(25)26/h4-11,18-19H,3,12-13H2,1-2H3,(H,23,24)(H,25,26). The molecule has 0 radical (unpaired) electrons. The molecule has 0 aliphatic rings. The third kappa shape index (κ3) is 6.06. The number of aliphatic carboxylic acids is 1. The van der Waals surface area contributed by atoms with Gasteiger partial charge >= 0.3 is 5.97 Å². The third-order valence-electron chi connectivity index (χ3n) is 4.30. The highest BCUT2D eigenvalue weighted by Gasteiger charge is 2.18. The zero-order valence-corrected chi connectivity index (χ0v) is 15.9. The molecule has 0 spiro atoms. The van der Waals surface area contributed by atoms with Gasteiger partial charge in [-0.2, -0.15) is 0 Å². The lowest BCUT2D eigenvalue weighted by Gasteiger charge is -2.18. The van der Waals surface area contributed by atoms with E-state index in [1.54, 1.807) is 42.5 Å². The van der Waals surface area contributed by atoms with Crippen molar-refractivity contribution in [1.29, 1.82) is 0 Å². The zero-order valence-electron chi connectivity index (χ0n) is 15.9. The Balaban J connectivity index is 1.88. The summed E-state index contributed by atoms with van der Waals surface area (Å²) in [4.78, 5) is 23.2. The van der Waals surface area contributed by atoms with Crippen LogP contribution >= 0.6 is 0 Å². The lowest BCUT2D eigenvalue weighted by molar-refractivity contribution is -0.148. The lowest BCUT2D eigenvalue weighted by Crippen LogP contribution is -2.32. The van der Waals surface area contributed by atoms with Gasteiger partial charge in [0.2, 0.25) is 0 Å². The summed E-state index contributed by atoms with van der Waals surface area (Å²) in [6, 6.07) is 12.7. The molecule has 0 aliphatic carbocycles. The summed E-state index contributed by atoms with van der Waals surface area (Å²) in [5.74, 6) is -1.27. The van der Waals surface area contributed by atoms with Crippen LogP contribution in [0, 0.1) is 5.82 Å². The molecule has 6 nitrogen and oxygen atoms in total. The molecule has 7 heteroatoms. The molecule has 2 atom stereocenters. The number of amides is 1. The van der Waals surface area contributed by atoms with Crippen LogP contribution in [0.25, 0.3) is 0 Å². The van der Waals surface area contributed by atoms with Crippen molar-refractivity contribution in [2.45, 2.75) is 31.9 Å². The third-order valence-corrected chi connectivity index (χ3v) is 4.30. The first-order valence-corrected chi connectivity index (χ1v) is 8.95. The Morgan fingerprint density at radius 3 is 2.39 bits per heavy atom. The first-order valence-electron chi connectivity index (χ1n) is 8.95. The summed E-state index contributed by atoms with van der Waals surface area (Å²) < 4.78 is 24.3. The Bertz CT molecular complexity index is 794. The average molecular weight is 389 g/mol. The minimum Gasteiger partial charge on any atom is -0.484 e. The number of ether oxygens (including phenoxy) is 2. The molecular weight excluding hydrogens is 365 g/mol. The van der Waals surface area contributed by atoms with E-state index in [4.69, 9.17) is 14.6 Å². The van der Waals surface area contributed by atoms with E-state index in [-0.39, 0.29) is 24.8 Å². The highest BCUT2D eigenvalue weighted by Crippen LogP contribution is 2.20. The number of methoxy groups -OCH3 is 1. The first kappa shape index (κ1) is 21.4. The van der Waals surface area contributed by atoms with Crippen molar-refractivity contribution in [2.24, 2.45) is 0 Å². The van der Waals surface area contributed by atoms with Crippen molar-refractivity contribution in [3.05, 3.63) is 65.5 Å². The van der Waals surface area contributed by atoms with Crippen LogP contribution in [-0.4, -0.2) is 36.8 Å². The Kier molecular flexibility index (Phi) is 7.95. The second-order valence-corrected chi connectivity index (χ2v) is 6.25. The molecule has 2 unspecified atom stereocenters. The molecule has 1 amide bonds. The number of rotatable bonds is 10. The molecule has 28 heavy (non-hydrogen) atoms.